The predicted molar refractivity (Wildman–Crippen MR) is 111 cm³/mol. The highest BCUT2D eigenvalue weighted by Gasteiger charge is 2.57. The molecule has 0 amide bonds. The molecule has 4 rings (SSSR count). The first kappa shape index (κ1) is 17.6. The van der Waals surface area contributed by atoms with E-state index in [0.29, 0.717) is 19.9 Å². The summed E-state index contributed by atoms with van der Waals surface area (Å²) in [6.45, 7) is 4.25. The molecule has 1 atom stereocenters. The number of hydrogen-bond donors (Lipinski definition) is 0. The van der Waals surface area contributed by atoms with Crippen molar-refractivity contribution in [2.75, 3.05) is 11.9 Å². The van der Waals surface area contributed by atoms with Gasteiger partial charge in [0.2, 0.25) is 5.72 Å². The lowest BCUT2D eigenvalue weighted by Crippen LogP contribution is -2.58. The fraction of sp³-hybridized carbons (Fsp3) is 0.263. The molecule has 0 saturated carbocycles. The van der Waals surface area contributed by atoms with Gasteiger partial charge >= 0.3 is 0 Å². The van der Waals surface area contributed by atoms with Gasteiger partial charge in [-0.3, -0.25) is 10.1 Å². The van der Waals surface area contributed by atoms with Crippen LogP contribution in [0.1, 0.15) is 25.0 Å². The molecular formula is C19H16ClIN2O3. The van der Waals surface area contributed by atoms with Crippen molar-refractivity contribution in [2.24, 2.45) is 0 Å². The molecule has 0 aromatic heterocycles. The molecule has 0 aliphatic carbocycles. The summed E-state index contributed by atoms with van der Waals surface area (Å²) >= 11 is 8.33. The number of nitrogens with zero attached hydrogens (tertiary/aromatic N) is 2. The highest BCUT2D eigenvalue weighted by atomic mass is 127. The van der Waals surface area contributed by atoms with Crippen LogP contribution in [0, 0.1) is 13.7 Å². The Bertz CT molecular complexity index is 989. The van der Waals surface area contributed by atoms with Crippen LogP contribution in [-0.2, 0) is 5.41 Å². The summed E-state index contributed by atoms with van der Waals surface area (Å²) in [5, 5.41) is 11.8. The smallest absolute Gasteiger partial charge is 0.271 e. The number of benzene rings is 2. The van der Waals surface area contributed by atoms with E-state index in [1.54, 1.807) is 6.07 Å². The van der Waals surface area contributed by atoms with E-state index < -0.39 is 5.72 Å². The van der Waals surface area contributed by atoms with Crippen molar-refractivity contribution in [3.8, 4) is 5.75 Å². The molecule has 2 aliphatic rings. The van der Waals surface area contributed by atoms with Gasteiger partial charge in [0.15, 0.2) is 0 Å². The summed E-state index contributed by atoms with van der Waals surface area (Å²) in [6, 6.07) is 8.95. The lowest BCUT2D eigenvalue weighted by atomic mass is 9.76. The first-order chi connectivity index (χ1) is 12.2. The Balaban J connectivity index is 1.88. The summed E-state index contributed by atoms with van der Waals surface area (Å²) in [6.07, 6.45) is 3.91. The van der Waals surface area contributed by atoms with E-state index >= 15 is 0 Å². The largest absolute Gasteiger partial charge is 0.462 e. The zero-order valence-electron chi connectivity index (χ0n) is 14.4. The van der Waals surface area contributed by atoms with Gasteiger partial charge in [0, 0.05) is 35.5 Å². The second-order valence-corrected chi connectivity index (χ2v) is 8.68. The zero-order valence-corrected chi connectivity index (χ0v) is 17.3. The van der Waals surface area contributed by atoms with E-state index in [-0.39, 0.29) is 16.0 Å². The normalized spacial score (nSPS) is 22.1. The summed E-state index contributed by atoms with van der Waals surface area (Å²) in [5.41, 5.74) is 1.84. The van der Waals surface area contributed by atoms with E-state index in [1.807, 2.05) is 37.4 Å². The average molecular weight is 483 g/mol. The van der Waals surface area contributed by atoms with Crippen molar-refractivity contribution in [3.63, 3.8) is 0 Å². The van der Waals surface area contributed by atoms with Crippen LogP contribution in [-0.4, -0.2) is 17.7 Å². The third-order valence-corrected chi connectivity index (χ3v) is 6.44. The number of nitro groups is 1. The van der Waals surface area contributed by atoms with Crippen LogP contribution in [0.2, 0.25) is 5.02 Å². The molecule has 7 heteroatoms. The van der Waals surface area contributed by atoms with Gasteiger partial charge in [-0.1, -0.05) is 11.6 Å². The molecule has 2 aromatic rings. The van der Waals surface area contributed by atoms with Crippen LogP contribution in [0.3, 0.4) is 0 Å². The number of likely N-dealkylation sites (N-methyl/N-ethyl adjacent to an activating group) is 1. The molecule has 0 saturated heterocycles. The molecule has 0 bridgehead atoms. The first-order valence-electron chi connectivity index (χ1n) is 8.07. The maximum atomic E-state index is 11.1. The Kier molecular flexibility index (Phi) is 3.79. The van der Waals surface area contributed by atoms with Gasteiger partial charge in [-0.2, -0.15) is 0 Å². The highest BCUT2D eigenvalue weighted by Crippen LogP contribution is 2.55. The topological polar surface area (TPSA) is 55.6 Å². The summed E-state index contributed by atoms with van der Waals surface area (Å²) in [4.78, 5) is 12.9. The quantitative estimate of drug-likeness (QED) is 0.311. The van der Waals surface area contributed by atoms with Crippen molar-refractivity contribution in [1.29, 1.82) is 0 Å². The van der Waals surface area contributed by atoms with Crippen molar-refractivity contribution < 1.29 is 9.66 Å². The van der Waals surface area contributed by atoms with E-state index in [4.69, 9.17) is 16.3 Å². The third-order valence-electron chi connectivity index (χ3n) is 5.40. The van der Waals surface area contributed by atoms with Crippen molar-refractivity contribution >= 4 is 51.6 Å². The minimum atomic E-state index is -0.733. The van der Waals surface area contributed by atoms with E-state index in [9.17, 15) is 10.1 Å². The molecule has 2 aromatic carbocycles. The van der Waals surface area contributed by atoms with Crippen LogP contribution in [0.25, 0.3) is 6.08 Å². The summed E-state index contributed by atoms with van der Waals surface area (Å²) in [5.74, 6) is 0.664. The lowest BCUT2D eigenvalue weighted by Gasteiger charge is -2.46. The molecule has 2 heterocycles. The van der Waals surface area contributed by atoms with Gasteiger partial charge in [0.1, 0.15) is 5.75 Å². The first-order valence-corrected chi connectivity index (χ1v) is 9.53. The Labute approximate surface area is 169 Å². The van der Waals surface area contributed by atoms with Crippen LogP contribution < -0.4 is 9.64 Å². The van der Waals surface area contributed by atoms with E-state index in [0.717, 1.165) is 11.3 Å². The van der Waals surface area contributed by atoms with E-state index in [1.165, 1.54) is 6.07 Å². The Morgan fingerprint density at radius 2 is 2.00 bits per heavy atom. The molecule has 134 valence electrons. The molecule has 0 fully saturated rings. The van der Waals surface area contributed by atoms with Gasteiger partial charge in [-0.15, -0.1) is 0 Å². The molecule has 1 spiro atoms. The molecule has 2 aliphatic heterocycles. The van der Waals surface area contributed by atoms with Gasteiger partial charge in [-0.05, 0) is 72.4 Å². The number of rotatable bonds is 1. The van der Waals surface area contributed by atoms with Crippen molar-refractivity contribution in [3.05, 3.63) is 66.2 Å². The molecule has 26 heavy (non-hydrogen) atoms. The molecule has 0 N–H and O–H groups in total. The number of non-ortho nitro benzene ring substituents is 1. The summed E-state index contributed by atoms with van der Waals surface area (Å²) in [7, 11) is 2.00. The Morgan fingerprint density at radius 1 is 1.27 bits per heavy atom. The minimum absolute atomic E-state index is 0.0615. The van der Waals surface area contributed by atoms with E-state index in [2.05, 4.69) is 41.3 Å². The van der Waals surface area contributed by atoms with Crippen LogP contribution in [0.15, 0.2) is 36.4 Å². The SMILES string of the molecule is CN1c2ccc(Cl)cc2C(C)(C)C12C=Cc1cc([N+](=O)[O-])cc(I)c1O2. The maximum Gasteiger partial charge on any atom is 0.271 e. The highest BCUT2D eigenvalue weighted by molar-refractivity contribution is 14.1. The standard InChI is InChI=1S/C19H16ClIN2O3/c1-18(2)14-9-12(20)4-5-16(14)22(3)19(18)7-6-11-8-13(23(24)25)10-15(21)17(11)26-19/h4-10H,1-3H3. The second kappa shape index (κ2) is 5.60. The third kappa shape index (κ3) is 2.21. The number of halogens is 2. The average Bonchev–Trinajstić information content (AvgIpc) is 2.74. The van der Waals surface area contributed by atoms with Crippen LogP contribution >= 0.6 is 34.2 Å². The van der Waals surface area contributed by atoms with Crippen molar-refractivity contribution in [2.45, 2.75) is 25.0 Å². The minimum Gasteiger partial charge on any atom is -0.462 e. The number of hydrogen-bond acceptors (Lipinski definition) is 4. The summed E-state index contributed by atoms with van der Waals surface area (Å²) < 4.78 is 7.28. The Morgan fingerprint density at radius 3 is 2.69 bits per heavy atom. The molecule has 5 nitrogen and oxygen atoms in total. The van der Waals surface area contributed by atoms with Gasteiger partial charge < -0.3 is 9.64 Å². The number of nitro benzene ring substituents is 1. The van der Waals surface area contributed by atoms with Crippen molar-refractivity contribution in [1.82, 2.24) is 0 Å². The second-order valence-electron chi connectivity index (χ2n) is 7.08. The fourth-order valence-corrected chi connectivity index (χ4v) is 4.85. The van der Waals surface area contributed by atoms with Gasteiger partial charge in [-0.25, -0.2) is 0 Å². The lowest BCUT2D eigenvalue weighted by molar-refractivity contribution is -0.385. The zero-order chi connectivity index (χ0) is 18.9. The van der Waals surface area contributed by atoms with Gasteiger partial charge in [0.05, 0.1) is 13.9 Å². The maximum absolute atomic E-state index is 11.1. The van der Waals surface area contributed by atoms with Crippen LogP contribution in [0.5, 0.6) is 5.75 Å². The molecule has 1 unspecified atom stereocenters. The van der Waals surface area contributed by atoms with Crippen LogP contribution in [0.4, 0.5) is 11.4 Å². The molecule has 0 radical (unpaired) electrons. The fourth-order valence-electron chi connectivity index (χ4n) is 3.94. The number of ether oxygens (including phenoxy) is 1. The Hall–Kier alpha value is -1.80. The number of anilines is 1. The van der Waals surface area contributed by atoms with Gasteiger partial charge in [0.25, 0.3) is 5.69 Å². The monoisotopic (exact) mass is 482 g/mol. The predicted octanol–water partition coefficient (Wildman–Crippen LogP) is 5.38. The number of fused-ring (bicyclic) bond motifs is 2. The molecular weight excluding hydrogens is 467 g/mol.